The molecule has 98 valence electrons. The fourth-order valence-electron chi connectivity index (χ4n) is 2.07. The van der Waals surface area contributed by atoms with Crippen molar-refractivity contribution in [3.8, 4) is 0 Å². The number of aryl methyl sites for hydroxylation is 2. The molecule has 0 aliphatic heterocycles. The van der Waals surface area contributed by atoms with Crippen LogP contribution >= 0.6 is 15.9 Å². The summed E-state index contributed by atoms with van der Waals surface area (Å²) in [7, 11) is 0. The molecule has 0 heterocycles. The summed E-state index contributed by atoms with van der Waals surface area (Å²) in [6, 6.07) is 10.5. The first-order chi connectivity index (χ1) is 8.95. The van der Waals surface area contributed by atoms with Gasteiger partial charge in [0.05, 0.1) is 4.47 Å². The van der Waals surface area contributed by atoms with E-state index in [0.717, 1.165) is 16.7 Å². The van der Waals surface area contributed by atoms with E-state index >= 15 is 0 Å². The van der Waals surface area contributed by atoms with Crippen molar-refractivity contribution in [1.29, 1.82) is 0 Å². The standard InChI is InChI=1S/C16H14BrFO/c1-10-5-11(2)7-13(6-10)16(19)9-12-3-4-15(18)14(17)8-12/h3-8H,9H2,1-2H3. The van der Waals surface area contributed by atoms with E-state index < -0.39 is 0 Å². The van der Waals surface area contributed by atoms with E-state index in [1.165, 1.54) is 6.07 Å². The highest BCUT2D eigenvalue weighted by molar-refractivity contribution is 9.10. The van der Waals surface area contributed by atoms with Crippen LogP contribution in [-0.4, -0.2) is 5.78 Å². The lowest BCUT2D eigenvalue weighted by Crippen LogP contribution is -2.04. The van der Waals surface area contributed by atoms with Gasteiger partial charge in [0.25, 0.3) is 0 Å². The molecule has 0 aliphatic carbocycles. The molecule has 2 aromatic carbocycles. The number of rotatable bonds is 3. The predicted molar refractivity (Wildman–Crippen MR) is 78.1 cm³/mol. The molecule has 0 spiro atoms. The molecule has 2 aromatic rings. The molecule has 0 aliphatic rings. The lowest BCUT2D eigenvalue weighted by molar-refractivity contribution is 0.0992. The SMILES string of the molecule is Cc1cc(C)cc(C(=O)Cc2ccc(F)c(Br)c2)c1. The Balaban J connectivity index is 2.22. The Morgan fingerprint density at radius 1 is 1.11 bits per heavy atom. The average molecular weight is 321 g/mol. The van der Waals surface area contributed by atoms with Crippen LogP contribution in [0.4, 0.5) is 4.39 Å². The van der Waals surface area contributed by atoms with Crippen LogP contribution in [0.2, 0.25) is 0 Å². The second-order valence-corrected chi connectivity index (χ2v) is 5.58. The number of ketones is 1. The fraction of sp³-hybridized carbons (Fsp3) is 0.188. The summed E-state index contributed by atoms with van der Waals surface area (Å²) in [5, 5.41) is 0. The van der Waals surface area contributed by atoms with Crippen LogP contribution in [0.1, 0.15) is 27.0 Å². The monoisotopic (exact) mass is 320 g/mol. The highest BCUT2D eigenvalue weighted by Gasteiger charge is 2.09. The van der Waals surface area contributed by atoms with Gasteiger partial charge in [0, 0.05) is 12.0 Å². The van der Waals surface area contributed by atoms with Gasteiger partial charge in [0.2, 0.25) is 0 Å². The van der Waals surface area contributed by atoms with Gasteiger partial charge in [-0.05, 0) is 59.6 Å². The van der Waals surface area contributed by atoms with Gasteiger partial charge in [-0.25, -0.2) is 4.39 Å². The first-order valence-corrected chi connectivity index (χ1v) is 6.80. The zero-order valence-electron chi connectivity index (χ0n) is 10.8. The van der Waals surface area contributed by atoms with Crippen LogP contribution in [0, 0.1) is 19.7 Å². The van der Waals surface area contributed by atoms with E-state index in [1.54, 1.807) is 12.1 Å². The third-order valence-electron chi connectivity index (χ3n) is 2.89. The van der Waals surface area contributed by atoms with E-state index in [2.05, 4.69) is 15.9 Å². The smallest absolute Gasteiger partial charge is 0.167 e. The lowest BCUT2D eigenvalue weighted by Gasteiger charge is -2.05. The van der Waals surface area contributed by atoms with Crippen molar-refractivity contribution < 1.29 is 9.18 Å². The number of Topliss-reactive ketones (excluding diaryl/α,β-unsaturated/α-hetero) is 1. The van der Waals surface area contributed by atoms with E-state index in [0.29, 0.717) is 10.0 Å². The van der Waals surface area contributed by atoms with Crippen LogP contribution in [0.3, 0.4) is 0 Å². The molecular formula is C16H14BrFO. The zero-order chi connectivity index (χ0) is 14.0. The Kier molecular flexibility index (Phi) is 4.15. The first kappa shape index (κ1) is 13.9. The van der Waals surface area contributed by atoms with Crippen molar-refractivity contribution in [3.63, 3.8) is 0 Å². The maximum Gasteiger partial charge on any atom is 0.167 e. The van der Waals surface area contributed by atoms with Gasteiger partial charge in [-0.2, -0.15) is 0 Å². The summed E-state index contributed by atoms with van der Waals surface area (Å²) < 4.78 is 13.5. The van der Waals surface area contributed by atoms with E-state index in [4.69, 9.17) is 0 Å². The molecule has 3 heteroatoms. The fourth-order valence-corrected chi connectivity index (χ4v) is 2.50. The van der Waals surface area contributed by atoms with Gasteiger partial charge < -0.3 is 0 Å². The predicted octanol–water partition coefficient (Wildman–Crippen LogP) is 4.63. The number of benzene rings is 2. The van der Waals surface area contributed by atoms with Crippen LogP contribution in [-0.2, 0) is 6.42 Å². The molecule has 0 radical (unpaired) electrons. The Hall–Kier alpha value is -1.48. The minimum Gasteiger partial charge on any atom is -0.294 e. The molecule has 0 unspecified atom stereocenters. The van der Waals surface area contributed by atoms with E-state index in [1.807, 2.05) is 32.0 Å². The van der Waals surface area contributed by atoms with Gasteiger partial charge in [-0.15, -0.1) is 0 Å². The van der Waals surface area contributed by atoms with Crippen LogP contribution in [0.15, 0.2) is 40.9 Å². The summed E-state index contributed by atoms with van der Waals surface area (Å²) in [5.41, 5.74) is 3.66. The highest BCUT2D eigenvalue weighted by Crippen LogP contribution is 2.19. The van der Waals surface area contributed by atoms with Gasteiger partial charge in [0.1, 0.15) is 5.82 Å². The molecule has 0 saturated heterocycles. The van der Waals surface area contributed by atoms with Crippen molar-refractivity contribution in [3.05, 3.63) is 68.9 Å². The second-order valence-electron chi connectivity index (χ2n) is 4.72. The van der Waals surface area contributed by atoms with Gasteiger partial charge in [-0.3, -0.25) is 4.79 Å². The highest BCUT2D eigenvalue weighted by atomic mass is 79.9. The molecular weight excluding hydrogens is 307 g/mol. The van der Waals surface area contributed by atoms with E-state index in [9.17, 15) is 9.18 Å². The Morgan fingerprint density at radius 3 is 2.32 bits per heavy atom. The second kappa shape index (κ2) is 5.66. The minimum absolute atomic E-state index is 0.0466. The summed E-state index contributed by atoms with van der Waals surface area (Å²) >= 11 is 3.13. The largest absolute Gasteiger partial charge is 0.294 e. The third kappa shape index (κ3) is 3.51. The van der Waals surface area contributed by atoms with Crippen molar-refractivity contribution in [1.82, 2.24) is 0 Å². The Bertz CT molecular complexity index is 614. The topological polar surface area (TPSA) is 17.1 Å². The molecule has 0 fully saturated rings. The maximum absolute atomic E-state index is 13.1. The van der Waals surface area contributed by atoms with Crippen molar-refractivity contribution in [2.45, 2.75) is 20.3 Å². The van der Waals surface area contributed by atoms with Crippen molar-refractivity contribution in [2.75, 3.05) is 0 Å². The molecule has 2 rings (SSSR count). The van der Waals surface area contributed by atoms with Gasteiger partial charge in [0.15, 0.2) is 5.78 Å². The zero-order valence-corrected chi connectivity index (χ0v) is 12.4. The molecule has 0 aromatic heterocycles. The number of hydrogen-bond acceptors (Lipinski definition) is 1. The van der Waals surface area contributed by atoms with Crippen LogP contribution in [0.25, 0.3) is 0 Å². The number of hydrogen-bond donors (Lipinski definition) is 0. The maximum atomic E-state index is 13.1. The number of halogens is 2. The van der Waals surface area contributed by atoms with Crippen molar-refractivity contribution >= 4 is 21.7 Å². The molecule has 0 N–H and O–H groups in total. The lowest BCUT2D eigenvalue weighted by atomic mass is 9.99. The number of carbonyl (C=O) groups is 1. The summed E-state index contributed by atoms with van der Waals surface area (Å²) in [4.78, 5) is 12.2. The van der Waals surface area contributed by atoms with Crippen LogP contribution < -0.4 is 0 Å². The molecule has 0 saturated carbocycles. The Labute approximate surface area is 120 Å². The Morgan fingerprint density at radius 2 is 1.74 bits per heavy atom. The quantitative estimate of drug-likeness (QED) is 0.753. The van der Waals surface area contributed by atoms with Gasteiger partial charge in [-0.1, -0.05) is 23.3 Å². The summed E-state index contributed by atoms with van der Waals surface area (Å²) in [6.07, 6.45) is 0.280. The van der Waals surface area contributed by atoms with Crippen molar-refractivity contribution in [2.24, 2.45) is 0 Å². The van der Waals surface area contributed by atoms with Crippen LogP contribution in [0.5, 0.6) is 0 Å². The molecule has 0 amide bonds. The summed E-state index contributed by atoms with van der Waals surface area (Å²) in [5.74, 6) is -0.270. The number of carbonyl (C=O) groups excluding carboxylic acids is 1. The average Bonchev–Trinajstić information content (AvgIpc) is 2.32. The molecule has 1 nitrogen and oxygen atoms in total. The minimum atomic E-state index is -0.317. The normalized spacial score (nSPS) is 10.5. The molecule has 0 bridgehead atoms. The third-order valence-corrected chi connectivity index (χ3v) is 3.50. The molecule has 19 heavy (non-hydrogen) atoms. The van der Waals surface area contributed by atoms with E-state index in [-0.39, 0.29) is 18.0 Å². The van der Waals surface area contributed by atoms with Gasteiger partial charge >= 0.3 is 0 Å². The molecule has 0 atom stereocenters. The summed E-state index contributed by atoms with van der Waals surface area (Å²) in [6.45, 7) is 3.94. The first-order valence-electron chi connectivity index (χ1n) is 6.01.